The van der Waals surface area contributed by atoms with Gasteiger partial charge in [0, 0.05) is 0 Å². The maximum atomic E-state index is 6.16. The minimum atomic E-state index is 0.514. The number of ether oxygens (including phenoxy) is 2. The average Bonchev–Trinajstić information content (AvgIpc) is 3.52. The quantitative estimate of drug-likeness (QED) is 0.208. The zero-order valence-electron chi connectivity index (χ0n) is 19.3. The molecule has 4 nitrogen and oxygen atoms in total. The van der Waals surface area contributed by atoms with E-state index in [-0.39, 0.29) is 0 Å². The molecule has 6 heteroatoms. The first-order valence-electron chi connectivity index (χ1n) is 11.6. The Kier molecular flexibility index (Phi) is 6.44. The van der Waals surface area contributed by atoms with E-state index in [1.807, 2.05) is 72.8 Å². The predicted octanol–water partition coefficient (Wildman–Crippen LogP) is 8.24. The van der Waals surface area contributed by atoms with E-state index in [0.29, 0.717) is 13.2 Å². The van der Waals surface area contributed by atoms with E-state index in [1.54, 1.807) is 22.7 Å². The van der Waals surface area contributed by atoms with E-state index >= 15 is 0 Å². The molecule has 2 heterocycles. The van der Waals surface area contributed by atoms with Gasteiger partial charge in [0.2, 0.25) is 0 Å². The van der Waals surface area contributed by atoms with Gasteiger partial charge in [0.25, 0.3) is 0 Å². The summed E-state index contributed by atoms with van der Waals surface area (Å²) in [7, 11) is 0. The molecule has 0 fully saturated rings. The van der Waals surface area contributed by atoms with Crippen LogP contribution in [0.5, 0.6) is 11.5 Å². The second-order valence-electron chi connectivity index (χ2n) is 8.19. The number of hydrogen-bond donors (Lipinski definition) is 0. The average molecular weight is 507 g/mol. The molecule has 0 saturated carbocycles. The lowest BCUT2D eigenvalue weighted by atomic mass is 10.2. The molecule has 2 aromatic heterocycles. The number of benzene rings is 4. The first kappa shape index (κ1) is 22.5. The van der Waals surface area contributed by atoms with Crippen LogP contribution < -0.4 is 9.47 Å². The highest BCUT2D eigenvalue weighted by Gasteiger charge is 2.17. The monoisotopic (exact) mass is 506 g/mol. The van der Waals surface area contributed by atoms with Crippen molar-refractivity contribution in [3.63, 3.8) is 0 Å². The summed E-state index contributed by atoms with van der Waals surface area (Å²) in [6.45, 7) is 1.03. The van der Waals surface area contributed by atoms with E-state index in [9.17, 15) is 0 Å². The Labute approximate surface area is 217 Å². The lowest BCUT2D eigenvalue weighted by Crippen LogP contribution is -1.96. The normalized spacial score (nSPS) is 11.0. The Bertz CT molecular complexity index is 1450. The molecule has 4 aromatic carbocycles. The smallest absolute Gasteiger partial charge is 0.155 e. The lowest BCUT2D eigenvalue weighted by molar-refractivity contribution is 0.307. The zero-order chi connectivity index (χ0) is 24.2. The third-order valence-corrected chi connectivity index (χ3v) is 7.78. The minimum Gasteiger partial charge on any atom is -0.488 e. The second-order valence-corrected chi connectivity index (χ2v) is 10.1. The third kappa shape index (κ3) is 4.87. The maximum absolute atomic E-state index is 6.16. The predicted molar refractivity (Wildman–Crippen MR) is 148 cm³/mol. The Morgan fingerprint density at radius 1 is 0.472 bits per heavy atom. The highest BCUT2D eigenvalue weighted by atomic mass is 32.1. The van der Waals surface area contributed by atoms with Crippen LogP contribution in [0, 0.1) is 0 Å². The van der Waals surface area contributed by atoms with Gasteiger partial charge in [-0.15, -0.1) is 0 Å². The molecule has 6 aromatic rings. The van der Waals surface area contributed by atoms with Crippen LogP contribution in [0.2, 0.25) is 0 Å². The molecule has 36 heavy (non-hydrogen) atoms. The SMILES string of the molecule is c1ccc(COc2ccccc2-c2nc3sc(-c4ccccc4OCc4ccccc4)nc3s2)cc1. The van der Waals surface area contributed by atoms with Gasteiger partial charge in [0.05, 0.1) is 11.1 Å². The topological polar surface area (TPSA) is 44.2 Å². The molecule has 0 radical (unpaired) electrons. The molecule has 176 valence electrons. The number of rotatable bonds is 8. The van der Waals surface area contributed by atoms with Crippen molar-refractivity contribution in [3.8, 4) is 32.6 Å². The number of nitrogens with zero attached hydrogens (tertiary/aromatic N) is 2. The van der Waals surface area contributed by atoms with E-state index in [4.69, 9.17) is 19.4 Å². The van der Waals surface area contributed by atoms with E-state index < -0.39 is 0 Å². The molecule has 0 aliphatic rings. The van der Waals surface area contributed by atoms with E-state index in [1.165, 1.54) is 0 Å². The van der Waals surface area contributed by atoms with Gasteiger partial charge in [-0.2, -0.15) is 0 Å². The standard InChI is InChI=1S/C30H22N2O2S2/c1-3-11-21(12-4-1)19-33-25-17-9-7-15-23(25)27-31-29-30(35-27)32-28(36-29)24-16-8-10-18-26(24)34-20-22-13-5-2-6-14-22/h1-18H,19-20H2. The van der Waals surface area contributed by atoms with Crippen molar-refractivity contribution >= 4 is 32.3 Å². The van der Waals surface area contributed by atoms with Crippen LogP contribution in [0.15, 0.2) is 109 Å². The molecule has 6 rings (SSSR count). The zero-order valence-corrected chi connectivity index (χ0v) is 21.0. The number of hydrogen-bond acceptors (Lipinski definition) is 6. The first-order chi connectivity index (χ1) is 17.8. The molecule has 0 bridgehead atoms. The van der Waals surface area contributed by atoms with Gasteiger partial charge in [0.1, 0.15) is 34.7 Å². The summed E-state index contributed by atoms with van der Waals surface area (Å²) in [6, 6.07) is 36.5. The number of aromatic nitrogens is 2. The third-order valence-electron chi connectivity index (χ3n) is 5.69. The summed E-state index contributed by atoms with van der Waals surface area (Å²) in [6.07, 6.45) is 0. The van der Waals surface area contributed by atoms with Crippen molar-refractivity contribution in [2.45, 2.75) is 13.2 Å². The summed E-state index contributed by atoms with van der Waals surface area (Å²) >= 11 is 3.17. The highest BCUT2D eigenvalue weighted by Crippen LogP contribution is 2.41. The van der Waals surface area contributed by atoms with Gasteiger partial charge in [0.15, 0.2) is 9.66 Å². The van der Waals surface area contributed by atoms with Crippen molar-refractivity contribution in [2.75, 3.05) is 0 Å². The molecule has 0 unspecified atom stereocenters. The summed E-state index contributed by atoms with van der Waals surface area (Å²) in [5.74, 6) is 1.64. The molecule has 0 amide bonds. The van der Waals surface area contributed by atoms with Gasteiger partial charge in [-0.1, -0.05) is 108 Å². The van der Waals surface area contributed by atoms with Crippen LogP contribution in [0.3, 0.4) is 0 Å². The minimum absolute atomic E-state index is 0.514. The van der Waals surface area contributed by atoms with Crippen molar-refractivity contribution < 1.29 is 9.47 Å². The number of para-hydroxylation sites is 2. The molecule has 0 aliphatic carbocycles. The molecule has 0 spiro atoms. The fraction of sp³-hybridized carbons (Fsp3) is 0.0667. The summed E-state index contributed by atoms with van der Waals surface area (Å²) < 4.78 is 12.3. The van der Waals surface area contributed by atoms with E-state index in [2.05, 4.69) is 36.4 Å². The van der Waals surface area contributed by atoms with Gasteiger partial charge < -0.3 is 9.47 Å². The fourth-order valence-electron chi connectivity index (χ4n) is 3.88. The van der Waals surface area contributed by atoms with Gasteiger partial charge in [-0.3, -0.25) is 0 Å². The largest absolute Gasteiger partial charge is 0.488 e. The van der Waals surface area contributed by atoms with Crippen LogP contribution in [0.1, 0.15) is 11.1 Å². The van der Waals surface area contributed by atoms with Crippen molar-refractivity contribution in [3.05, 3.63) is 120 Å². The Hall–Kier alpha value is -4.00. The Morgan fingerprint density at radius 3 is 1.31 bits per heavy atom. The molecular formula is C30H22N2O2S2. The molecule has 0 aliphatic heterocycles. The second kappa shape index (κ2) is 10.3. The first-order valence-corrected chi connectivity index (χ1v) is 13.3. The lowest BCUT2D eigenvalue weighted by Gasteiger charge is -2.10. The van der Waals surface area contributed by atoms with Crippen LogP contribution in [-0.2, 0) is 13.2 Å². The Balaban J connectivity index is 1.25. The van der Waals surface area contributed by atoms with Gasteiger partial charge in [-0.25, -0.2) is 9.97 Å². The molecule has 0 saturated heterocycles. The van der Waals surface area contributed by atoms with Crippen LogP contribution >= 0.6 is 22.7 Å². The highest BCUT2D eigenvalue weighted by molar-refractivity contribution is 7.29. The van der Waals surface area contributed by atoms with Gasteiger partial charge >= 0.3 is 0 Å². The van der Waals surface area contributed by atoms with Crippen LogP contribution in [0.4, 0.5) is 0 Å². The van der Waals surface area contributed by atoms with Crippen LogP contribution in [-0.4, -0.2) is 9.97 Å². The number of thiazole rings is 2. The number of fused-ring (bicyclic) bond motifs is 1. The van der Waals surface area contributed by atoms with E-state index in [0.717, 1.165) is 53.4 Å². The van der Waals surface area contributed by atoms with Crippen molar-refractivity contribution in [2.24, 2.45) is 0 Å². The maximum Gasteiger partial charge on any atom is 0.155 e. The molecule has 0 N–H and O–H groups in total. The van der Waals surface area contributed by atoms with Crippen molar-refractivity contribution in [1.29, 1.82) is 0 Å². The Morgan fingerprint density at radius 2 is 0.861 bits per heavy atom. The molecular weight excluding hydrogens is 484 g/mol. The van der Waals surface area contributed by atoms with Crippen LogP contribution in [0.25, 0.3) is 30.8 Å². The summed E-state index contributed by atoms with van der Waals surface area (Å²) in [4.78, 5) is 11.7. The molecule has 0 atom stereocenters. The summed E-state index contributed by atoms with van der Waals surface area (Å²) in [5.41, 5.74) is 4.23. The summed E-state index contributed by atoms with van der Waals surface area (Å²) in [5, 5.41) is 1.82. The van der Waals surface area contributed by atoms with Gasteiger partial charge in [-0.05, 0) is 35.4 Å². The van der Waals surface area contributed by atoms with Crippen molar-refractivity contribution in [1.82, 2.24) is 9.97 Å². The fourth-order valence-corrected chi connectivity index (χ4v) is 5.98.